The van der Waals surface area contributed by atoms with Gasteiger partial charge in [0.1, 0.15) is 11.5 Å². The van der Waals surface area contributed by atoms with Crippen LogP contribution in [0.4, 0.5) is 0 Å². The van der Waals surface area contributed by atoms with Crippen LogP contribution in [-0.4, -0.2) is 23.8 Å². The third-order valence-corrected chi connectivity index (χ3v) is 3.48. The molecule has 108 valence electrons. The van der Waals surface area contributed by atoms with Crippen LogP contribution in [-0.2, 0) is 6.54 Å². The van der Waals surface area contributed by atoms with Crippen molar-refractivity contribution in [3.05, 3.63) is 58.5 Å². The number of nitrogens with one attached hydrogen (secondary N) is 1. The third kappa shape index (κ3) is 2.50. The van der Waals surface area contributed by atoms with E-state index in [1.165, 1.54) is 0 Å². The number of methoxy groups -OCH3 is 2. The summed E-state index contributed by atoms with van der Waals surface area (Å²) in [5, 5.41) is 0. The van der Waals surface area contributed by atoms with E-state index < -0.39 is 0 Å². The average molecular weight is 284 g/mol. The average Bonchev–Trinajstić information content (AvgIpc) is 2.83. The molecule has 1 heterocycles. The second kappa shape index (κ2) is 5.36. The Morgan fingerprint density at radius 3 is 2.33 bits per heavy atom. The molecule has 1 aromatic heterocycles. The van der Waals surface area contributed by atoms with Crippen LogP contribution in [0.2, 0.25) is 0 Å². The van der Waals surface area contributed by atoms with Gasteiger partial charge in [-0.3, -0.25) is 4.57 Å². The van der Waals surface area contributed by atoms with Gasteiger partial charge in [0.05, 0.1) is 31.8 Å². The van der Waals surface area contributed by atoms with Crippen molar-refractivity contribution in [3.63, 3.8) is 0 Å². The van der Waals surface area contributed by atoms with Crippen molar-refractivity contribution in [1.29, 1.82) is 0 Å². The molecular formula is C16H16N2O3. The summed E-state index contributed by atoms with van der Waals surface area (Å²) in [7, 11) is 3.24. The largest absolute Gasteiger partial charge is 0.497 e. The van der Waals surface area contributed by atoms with Crippen molar-refractivity contribution >= 4 is 11.0 Å². The second-order valence-corrected chi connectivity index (χ2v) is 4.75. The van der Waals surface area contributed by atoms with Crippen LogP contribution in [0.15, 0.2) is 47.3 Å². The molecule has 0 bridgehead atoms. The molecule has 0 atom stereocenters. The van der Waals surface area contributed by atoms with Gasteiger partial charge in [0, 0.05) is 6.07 Å². The lowest BCUT2D eigenvalue weighted by atomic mass is 10.2. The molecule has 0 unspecified atom stereocenters. The van der Waals surface area contributed by atoms with E-state index in [-0.39, 0.29) is 5.69 Å². The van der Waals surface area contributed by atoms with Gasteiger partial charge in [0.25, 0.3) is 0 Å². The Bertz CT molecular complexity index is 816. The van der Waals surface area contributed by atoms with E-state index in [9.17, 15) is 4.79 Å². The number of nitrogens with zero attached hydrogens (tertiary/aromatic N) is 1. The fraction of sp³-hybridized carbons (Fsp3) is 0.188. The first-order valence-corrected chi connectivity index (χ1v) is 6.61. The fourth-order valence-corrected chi connectivity index (χ4v) is 2.34. The molecular weight excluding hydrogens is 268 g/mol. The van der Waals surface area contributed by atoms with Gasteiger partial charge in [-0.05, 0) is 29.8 Å². The molecule has 0 radical (unpaired) electrons. The van der Waals surface area contributed by atoms with Gasteiger partial charge in [-0.15, -0.1) is 0 Å². The van der Waals surface area contributed by atoms with Crippen molar-refractivity contribution in [3.8, 4) is 11.5 Å². The van der Waals surface area contributed by atoms with Crippen LogP contribution in [0.25, 0.3) is 11.0 Å². The highest BCUT2D eigenvalue weighted by Gasteiger charge is 2.08. The Morgan fingerprint density at radius 1 is 1.00 bits per heavy atom. The van der Waals surface area contributed by atoms with Crippen molar-refractivity contribution < 1.29 is 9.47 Å². The molecule has 0 spiro atoms. The second-order valence-electron chi connectivity index (χ2n) is 4.75. The van der Waals surface area contributed by atoms with Gasteiger partial charge >= 0.3 is 5.69 Å². The Hall–Kier alpha value is -2.69. The number of rotatable bonds is 4. The van der Waals surface area contributed by atoms with Crippen molar-refractivity contribution in [2.24, 2.45) is 0 Å². The topological polar surface area (TPSA) is 56.2 Å². The summed E-state index contributed by atoms with van der Waals surface area (Å²) in [5.74, 6) is 1.52. The zero-order valence-electron chi connectivity index (χ0n) is 11.9. The summed E-state index contributed by atoms with van der Waals surface area (Å²) in [6, 6.07) is 13.2. The van der Waals surface area contributed by atoms with Crippen molar-refractivity contribution in [2.45, 2.75) is 6.54 Å². The molecule has 0 amide bonds. The molecule has 5 heteroatoms. The Morgan fingerprint density at radius 2 is 1.67 bits per heavy atom. The highest BCUT2D eigenvalue weighted by atomic mass is 16.5. The van der Waals surface area contributed by atoms with Crippen LogP contribution in [0.3, 0.4) is 0 Å². The van der Waals surface area contributed by atoms with Gasteiger partial charge in [0.2, 0.25) is 0 Å². The summed E-state index contributed by atoms with van der Waals surface area (Å²) in [6.07, 6.45) is 0. The molecule has 5 nitrogen and oxygen atoms in total. The van der Waals surface area contributed by atoms with Crippen LogP contribution < -0.4 is 15.2 Å². The van der Waals surface area contributed by atoms with Gasteiger partial charge < -0.3 is 14.5 Å². The molecule has 3 aromatic rings. The lowest BCUT2D eigenvalue weighted by molar-refractivity contribution is 0.414. The SMILES string of the molecule is COc1ccc(Cn2c(=O)[nH]c3cc(OC)ccc32)cc1. The molecule has 0 fully saturated rings. The number of aromatic nitrogens is 2. The minimum Gasteiger partial charge on any atom is -0.497 e. The predicted molar refractivity (Wildman–Crippen MR) is 81.2 cm³/mol. The van der Waals surface area contributed by atoms with Gasteiger partial charge in [-0.2, -0.15) is 0 Å². The Balaban J connectivity index is 1.99. The number of fused-ring (bicyclic) bond motifs is 1. The molecule has 2 aromatic carbocycles. The van der Waals surface area contributed by atoms with Gasteiger partial charge in [0.15, 0.2) is 0 Å². The van der Waals surface area contributed by atoms with E-state index in [1.54, 1.807) is 18.8 Å². The fourth-order valence-electron chi connectivity index (χ4n) is 2.34. The smallest absolute Gasteiger partial charge is 0.326 e. The lowest BCUT2D eigenvalue weighted by Gasteiger charge is -2.06. The van der Waals surface area contributed by atoms with Crippen molar-refractivity contribution in [1.82, 2.24) is 9.55 Å². The lowest BCUT2D eigenvalue weighted by Crippen LogP contribution is -2.17. The standard InChI is InChI=1S/C16H16N2O3/c1-20-12-5-3-11(4-6-12)10-18-15-8-7-13(21-2)9-14(15)17-16(18)19/h3-9H,10H2,1-2H3,(H,17,19). The van der Waals surface area contributed by atoms with E-state index >= 15 is 0 Å². The third-order valence-electron chi connectivity index (χ3n) is 3.48. The summed E-state index contributed by atoms with van der Waals surface area (Å²) >= 11 is 0. The van der Waals surface area contributed by atoms with Crippen LogP contribution >= 0.6 is 0 Å². The maximum Gasteiger partial charge on any atom is 0.326 e. The zero-order chi connectivity index (χ0) is 14.8. The number of H-pyrrole nitrogens is 1. The highest BCUT2D eigenvalue weighted by Crippen LogP contribution is 2.19. The Kier molecular flexibility index (Phi) is 3.39. The molecule has 3 rings (SSSR count). The number of ether oxygens (including phenoxy) is 2. The van der Waals surface area contributed by atoms with Crippen LogP contribution in [0.1, 0.15) is 5.56 Å². The molecule has 0 aliphatic rings. The van der Waals surface area contributed by atoms with Crippen LogP contribution in [0, 0.1) is 0 Å². The molecule has 21 heavy (non-hydrogen) atoms. The molecule has 0 saturated carbocycles. The summed E-state index contributed by atoms with van der Waals surface area (Å²) in [6.45, 7) is 0.509. The van der Waals surface area contributed by atoms with E-state index in [0.717, 1.165) is 28.1 Å². The van der Waals surface area contributed by atoms with E-state index in [2.05, 4.69) is 4.98 Å². The predicted octanol–water partition coefficient (Wildman–Crippen LogP) is 2.40. The monoisotopic (exact) mass is 284 g/mol. The first-order chi connectivity index (χ1) is 10.2. The molecule has 0 aliphatic carbocycles. The number of aromatic amines is 1. The highest BCUT2D eigenvalue weighted by molar-refractivity contribution is 5.77. The van der Waals surface area contributed by atoms with Gasteiger partial charge in [-0.25, -0.2) is 4.79 Å². The maximum atomic E-state index is 12.1. The summed E-state index contributed by atoms with van der Waals surface area (Å²) in [5.41, 5.74) is 2.54. The normalized spacial score (nSPS) is 10.8. The Labute approximate surface area is 121 Å². The molecule has 1 N–H and O–H groups in total. The van der Waals surface area contributed by atoms with E-state index in [4.69, 9.17) is 9.47 Å². The summed E-state index contributed by atoms with van der Waals surface area (Å²) < 4.78 is 12.0. The number of benzene rings is 2. The maximum absolute atomic E-state index is 12.1. The van der Waals surface area contributed by atoms with Crippen molar-refractivity contribution in [2.75, 3.05) is 14.2 Å². The quantitative estimate of drug-likeness (QED) is 0.800. The van der Waals surface area contributed by atoms with E-state index in [1.807, 2.05) is 42.5 Å². The molecule has 0 aliphatic heterocycles. The zero-order valence-corrected chi connectivity index (χ0v) is 11.9. The van der Waals surface area contributed by atoms with E-state index in [0.29, 0.717) is 6.54 Å². The first-order valence-electron chi connectivity index (χ1n) is 6.61. The number of imidazole rings is 1. The first kappa shape index (κ1) is 13.3. The summed E-state index contributed by atoms with van der Waals surface area (Å²) in [4.78, 5) is 15.0. The minimum atomic E-state index is -0.130. The van der Waals surface area contributed by atoms with Gasteiger partial charge in [-0.1, -0.05) is 12.1 Å². The minimum absolute atomic E-state index is 0.130. The van der Waals surface area contributed by atoms with Crippen LogP contribution in [0.5, 0.6) is 11.5 Å². The number of hydrogen-bond acceptors (Lipinski definition) is 3. The number of hydrogen-bond donors (Lipinski definition) is 1. The molecule has 0 saturated heterocycles.